The predicted molar refractivity (Wildman–Crippen MR) is 71.8 cm³/mol. The summed E-state index contributed by atoms with van der Waals surface area (Å²) in [5, 5.41) is 12.1. The van der Waals surface area contributed by atoms with Crippen molar-refractivity contribution in [3.63, 3.8) is 0 Å². The Morgan fingerprint density at radius 2 is 2.12 bits per heavy atom. The highest BCUT2D eigenvalue weighted by Gasteiger charge is 2.10. The van der Waals surface area contributed by atoms with Gasteiger partial charge < -0.3 is 15.2 Å². The van der Waals surface area contributed by atoms with Gasteiger partial charge in [0.2, 0.25) is 0 Å². The zero-order valence-electron chi connectivity index (χ0n) is 9.26. The van der Waals surface area contributed by atoms with E-state index in [1.807, 2.05) is 19.1 Å². The van der Waals surface area contributed by atoms with Crippen LogP contribution in [0.2, 0.25) is 0 Å². The van der Waals surface area contributed by atoms with Crippen LogP contribution in [0.15, 0.2) is 21.1 Å². The topological polar surface area (TPSA) is 41.5 Å². The fourth-order valence-corrected chi connectivity index (χ4v) is 2.80. The fourth-order valence-electron chi connectivity index (χ4n) is 1.32. The van der Waals surface area contributed by atoms with Gasteiger partial charge in [0.25, 0.3) is 0 Å². The van der Waals surface area contributed by atoms with Crippen molar-refractivity contribution in [2.24, 2.45) is 0 Å². The number of halogens is 2. The van der Waals surface area contributed by atoms with Crippen LogP contribution in [0.3, 0.4) is 0 Å². The molecular formula is C11H15Br2NO2. The van der Waals surface area contributed by atoms with Crippen LogP contribution >= 0.6 is 31.9 Å². The van der Waals surface area contributed by atoms with Crippen LogP contribution in [-0.2, 0) is 6.54 Å². The minimum atomic E-state index is 0.0717. The number of rotatable bonds is 5. The molecule has 0 saturated carbocycles. The second-order valence-corrected chi connectivity index (χ2v) is 5.31. The number of aliphatic hydroxyl groups is 1. The molecule has 2 N–H and O–H groups in total. The summed E-state index contributed by atoms with van der Waals surface area (Å²) < 4.78 is 7.24. The Morgan fingerprint density at radius 3 is 2.69 bits per heavy atom. The number of ether oxygens (including phenoxy) is 1. The second-order valence-electron chi connectivity index (χ2n) is 3.54. The van der Waals surface area contributed by atoms with Crippen LogP contribution in [0, 0.1) is 0 Å². The van der Waals surface area contributed by atoms with Crippen LogP contribution in [0.1, 0.15) is 12.5 Å². The predicted octanol–water partition coefficient (Wildman–Crippen LogP) is 2.69. The summed E-state index contributed by atoms with van der Waals surface area (Å²) >= 11 is 6.89. The van der Waals surface area contributed by atoms with E-state index in [9.17, 15) is 0 Å². The SMILES string of the molecule is COc1c(Br)cc(Br)cc1CNC(C)CO. The van der Waals surface area contributed by atoms with Gasteiger partial charge in [-0.3, -0.25) is 0 Å². The number of hydrogen-bond donors (Lipinski definition) is 2. The van der Waals surface area contributed by atoms with Gasteiger partial charge in [0, 0.05) is 22.6 Å². The maximum Gasteiger partial charge on any atom is 0.137 e. The molecule has 0 spiro atoms. The molecule has 0 aromatic heterocycles. The molecule has 0 radical (unpaired) electrons. The van der Waals surface area contributed by atoms with Crippen molar-refractivity contribution in [1.29, 1.82) is 0 Å². The lowest BCUT2D eigenvalue weighted by atomic mass is 10.2. The molecule has 0 fully saturated rings. The Labute approximate surface area is 112 Å². The van der Waals surface area contributed by atoms with Gasteiger partial charge in [-0.05, 0) is 35.0 Å². The molecule has 1 unspecified atom stereocenters. The maximum atomic E-state index is 8.94. The zero-order valence-corrected chi connectivity index (χ0v) is 12.4. The molecule has 3 nitrogen and oxygen atoms in total. The van der Waals surface area contributed by atoms with E-state index in [0.29, 0.717) is 6.54 Å². The molecule has 1 atom stereocenters. The monoisotopic (exact) mass is 351 g/mol. The highest BCUT2D eigenvalue weighted by Crippen LogP contribution is 2.32. The average Bonchev–Trinajstić information content (AvgIpc) is 2.25. The number of methoxy groups -OCH3 is 1. The molecule has 16 heavy (non-hydrogen) atoms. The molecular weight excluding hydrogens is 338 g/mol. The van der Waals surface area contributed by atoms with Crippen molar-refractivity contribution in [2.75, 3.05) is 13.7 Å². The summed E-state index contributed by atoms with van der Waals surface area (Å²) in [6.07, 6.45) is 0. The van der Waals surface area contributed by atoms with Crippen molar-refractivity contribution in [2.45, 2.75) is 19.5 Å². The van der Waals surface area contributed by atoms with E-state index in [1.54, 1.807) is 7.11 Å². The third kappa shape index (κ3) is 3.73. The zero-order chi connectivity index (χ0) is 12.1. The average molecular weight is 353 g/mol. The summed E-state index contributed by atoms with van der Waals surface area (Å²) in [6, 6.07) is 4.01. The first-order chi connectivity index (χ1) is 7.58. The van der Waals surface area contributed by atoms with Crippen LogP contribution in [0.4, 0.5) is 0 Å². The van der Waals surface area contributed by atoms with Gasteiger partial charge in [-0.2, -0.15) is 0 Å². The van der Waals surface area contributed by atoms with Gasteiger partial charge in [-0.15, -0.1) is 0 Å². The lowest BCUT2D eigenvalue weighted by molar-refractivity contribution is 0.250. The summed E-state index contributed by atoms with van der Waals surface area (Å²) in [6.45, 7) is 2.71. The van der Waals surface area contributed by atoms with Crippen molar-refractivity contribution in [1.82, 2.24) is 5.32 Å². The van der Waals surface area contributed by atoms with Gasteiger partial charge >= 0.3 is 0 Å². The van der Waals surface area contributed by atoms with Gasteiger partial charge in [0.05, 0.1) is 18.2 Å². The molecule has 0 aliphatic heterocycles. The van der Waals surface area contributed by atoms with Crippen LogP contribution in [-0.4, -0.2) is 24.9 Å². The van der Waals surface area contributed by atoms with E-state index in [2.05, 4.69) is 37.2 Å². The molecule has 0 aliphatic rings. The Balaban J connectivity index is 2.85. The van der Waals surface area contributed by atoms with E-state index < -0.39 is 0 Å². The molecule has 1 aromatic rings. The third-order valence-electron chi connectivity index (χ3n) is 2.20. The van der Waals surface area contributed by atoms with Gasteiger partial charge in [0.1, 0.15) is 5.75 Å². The molecule has 0 amide bonds. The molecule has 0 aliphatic carbocycles. The second kappa shape index (κ2) is 6.59. The highest BCUT2D eigenvalue weighted by atomic mass is 79.9. The molecule has 1 aromatic carbocycles. The third-order valence-corrected chi connectivity index (χ3v) is 3.25. The normalized spacial score (nSPS) is 12.6. The number of hydrogen-bond acceptors (Lipinski definition) is 3. The van der Waals surface area contributed by atoms with Crippen molar-refractivity contribution in [3.8, 4) is 5.75 Å². The van der Waals surface area contributed by atoms with Gasteiger partial charge in [-0.25, -0.2) is 0 Å². The van der Waals surface area contributed by atoms with E-state index in [-0.39, 0.29) is 12.6 Å². The molecule has 0 saturated heterocycles. The lowest BCUT2D eigenvalue weighted by Crippen LogP contribution is -2.28. The van der Waals surface area contributed by atoms with Crippen molar-refractivity contribution < 1.29 is 9.84 Å². The first-order valence-electron chi connectivity index (χ1n) is 4.94. The highest BCUT2D eigenvalue weighted by molar-refractivity contribution is 9.11. The summed E-state index contributed by atoms with van der Waals surface area (Å²) in [5.41, 5.74) is 1.05. The van der Waals surface area contributed by atoms with Crippen molar-refractivity contribution >= 4 is 31.9 Å². The van der Waals surface area contributed by atoms with E-state index in [0.717, 1.165) is 20.3 Å². The van der Waals surface area contributed by atoms with Crippen molar-refractivity contribution in [3.05, 3.63) is 26.6 Å². The molecule has 5 heteroatoms. The van der Waals surface area contributed by atoms with E-state index >= 15 is 0 Å². The largest absolute Gasteiger partial charge is 0.495 e. The summed E-state index contributed by atoms with van der Waals surface area (Å²) in [7, 11) is 1.65. The maximum absolute atomic E-state index is 8.94. The quantitative estimate of drug-likeness (QED) is 0.856. The Hall–Kier alpha value is -0.100. The molecule has 90 valence electrons. The molecule has 0 heterocycles. The standard InChI is InChI=1S/C11H15Br2NO2/c1-7(6-15)14-5-8-3-9(12)4-10(13)11(8)16-2/h3-4,7,14-15H,5-6H2,1-2H3. The molecule has 1 rings (SSSR count). The summed E-state index contributed by atoms with van der Waals surface area (Å²) in [5.74, 6) is 0.820. The van der Waals surface area contributed by atoms with Gasteiger partial charge in [0.15, 0.2) is 0 Å². The number of aliphatic hydroxyl groups excluding tert-OH is 1. The first kappa shape index (κ1) is 14.0. The minimum Gasteiger partial charge on any atom is -0.495 e. The number of benzene rings is 1. The van der Waals surface area contributed by atoms with Crippen LogP contribution in [0.5, 0.6) is 5.75 Å². The van der Waals surface area contributed by atoms with E-state index in [4.69, 9.17) is 9.84 Å². The smallest absolute Gasteiger partial charge is 0.137 e. The Bertz CT molecular complexity index is 358. The fraction of sp³-hybridized carbons (Fsp3) is 0.455. The van der Waals surface area contributed by atoms with E-state index in [1.165, 1.54) is 0 Å². The van der Waals surface area contributed by atoms with Crippen LogP contribution < -0.4 is 10.1 Å². The summed E-state index contributed by atoms with van der Waals surface area (Å²) in [4.78, 5) is 0. The number of nitrogens with one attached hydrogen (secondary N) is 1. The molecule has 0 bridgehead atoms. The Kier molecular flexibility index (Phi) is 5.75. The first-order valence-corrected chi connectivity index (χ1v) is 6.53. The van der Waals surface area contributed by atoms with Gasteiger partial charge in [-0.1, -0.05) is 15.9 Å². The minimum absolute atomic E-state index is 0.0717. The Morgan fingerprint density at radius 1 is 1.44 bits per heavy atom. The lowest BCUT2D eigenvalue weighted by Gasteiger charge is -2.14. The van der Waals surface area contributed by atoms with Crippen LogP contribution in [0.25, 0.3) is 0 Å².